The number of hydrogen-bond acceptors (Lipinski definition) is 4. The summed E-state index contributed by atoms with van der Waals surface area (Å²) in [6.45, 7) is 2.09. The summed E-state index contributed by atoms with van der Waals surface area (Å²) in [5.74, 6) is 1.14. The Kier molecular flexibility index (Phi) is 5.31. The Balaban J connectivity index is 1.37. The van der Waals surface area contributed by atoms with E-state index in [1.54, 1.807) is 12.1 Å². The zero-order valence-corrected chi connectivity index (χ0v) is 17.1. The lowest BCUT2D eigenvalue weighted by Crippen LogP contribution is -2.46. The molecule has 1 saturated heterocycles. The zero-order chi connectivity index (χ0) is 19.9. The molecule has 0 radical (unpaired) electrons. The van der Waals surface area contributed by atoms with Crippen molar-refractivity contribution in [1.82, 2.24) is 9.62 Å². The second kappa shape index (κ2) is 7.59. The first-order valence-electron chi connectivity index (χ1n) is 10.3. The molecule has 28 heavy (non-hydrogen) atoms. The maximum atomic E-state index is 12.9. The lowest BCUT2D eigenvalue weighted by Gasteiger charge is -2.31. The van der Waals surface area contributed by atoms with Gasteiger partial charge in [0.05, 0.1) is 4.90 Å². The fourth-order valence-corrected chi connectivity index (χ4v) is 5.71. The number of hydrogen-bond donors (Lipinski definition) is 1. The van der Waals surface area contributed by atoms with E-state index < -0.39 is 10.0 Å². The van der Waals surface area contributed by atoms with Crippen molar-refractivity contribution in [1.29, 1.82) is 0 Å². The summed E-state index contributed by atoms with van der Waals surface area (Å²) in [6, 6.07) is 6.51. The number of benzene rings is 1. The Morgan fingerprint density at radius 3 is 2.18 bits per heavy atom. The largest absolute Gasteiger partial charge is 0.353 e. The molecule has 1 aromatic carbocycles. The van der Waals surface area contributed by atoms with Crippen LogP contribution in [0.1, 0.15) is 55.8 Å². The van der Waals surface area contributed by atoms with Crippen LogP contribution in [0, 0.1) is 17.8 Å². The van der Waals surface area contributed by atoms with Gasteiger partial charge in [-0.15, -0.1) is 0 Å². The highest BCUT2D eigenvalue weighted by Crippen LogP contribution is 2.44. The van der Waals surface area contributed by atoms with Gasteiger partial charge in [0.1, 0.15) is 0 Å². The van der Waals surface area contributed by atoms with E-state index >= 15 is 0 Å². The zero-order valence-electron chi connectivity index (χ0n) is 16.3. The van der Waals surface area contributed by atoms with Crippen molar-refractivity contribution in [3.8, 4) is 0 Å². The first kappa shape index (κ1) is 19.6. The van der Waals surface area contributed by atoms with E-state index in [0.29, 0.717) is 49.4 Å². The number of nitrogens with zero attached hydrogens (tertiary/aromatic N) is 1. The number of amides is 1. The van der Waals surface area contributed by atoms with Gasteiger partial charge in [0, 0.05) is 30.6 Å². The predicted octanol–water partition coefficient (Wildman–Crippen LogP) is 2.59. The quantitative estimate of drug-likeness (QED) is 0.708. The summed E-state index contributed by atoms with van der Waals surface area (Å²) < 4.78 is 27.3. The highest BCUT2D eigenvalue weighted by molar-refractivity contribution is 7.89. The number of nitrogens with one attached hydrogen (secondary N) is 1. The monoisotopic (exact) mass is 404 g/mol. The molecule has 1 aliphatic heterocycles. The summed E-state index contributed by atoms with van der Waals surface area (Å²) >= 11 is 0. The van der Waals surface area contributed by atoms with Gasteiger partial charge < -0.3 is 5.32 Å². The number of carbonyl (C=O) groups is 2. The maximum Gasteiger partial charge on any atom is 0.243 e. The first-order chi connectivity index (χ1) is 13.4. The van der Waals surface area contributed by atoms with Gasteiger partial charge in [-0.05, 0) is 69.4 Å². The fourth-order valence-electron chi connectivity index (χ4n) is 4.20. The minimum atomic E-state index is -3.65. The summed E-state index contributed by atoms with van der Waals surface area (Å²) in [7, 11) is -3.65. The van der Waals surface area contributed by atoms with Gasteiger partial charge in [0.2, 0.25) is 15.9 Å². The van der Waals surface area contributed by atoms with Gasteiger partial charge in [-0.1, -0.05) is 12.1 Å². The summed E-state index contributed by atoms with van der Waals surface area (Å²) in [4.78, 5) is 24.4. The minimum absolute atomic E-state index is 0.0967. The van der Waals surface area contributed by atoms with Crippen LogP contribution < -0.4 is 5.32 Å². The van der Waals surface area contributed by atoms with E-state index in [-0.39, 0.29) is 22.5 Å². The lowest BCUT2D eigenvalue weighted by molar-refractivity contribution is -0.127. The molecule has 152 valence electrons. The third-order valence-electron chi connectivity index (χ3n) is 6.27. The first-order valence-corrected chi connectivity index (χ1v) is 11.7. The molecule has 7 heteroatoms. The van der Waals surface area contributed by atoms with E-state index in [1.807, 2.05) is 0 Å². The summed E-state index contributed by atoms with van der Waals surface area (Å²) in [5.41, 5.74) is 0.390. The van der Waals surface area contributed by atoms with Crippen molar-refractivity contribution in [2.24, 2.45) is 17.8 Å². The molecule has 6 nitrogen and oxygen atoms in total. The van der Waals surface area contributed by atoms with E-state index in [0.717, 1.165) is 0 Å². The van der Waals surface area contributed by atoms with E-state index in [1.165, 1.54) is 49.0 Å². The molecule has 1 heterocycles. The second-order valence-electron chi connectivity index (χ2n) is 8.47. The van der Waals surface area contributed by atoms with E-state index in [4.69, 9.17) is 0 Å². The molecule has 0 spiro atoms. The summed E-state index contributed by atoms with van der Waals surface area (Å²) in [6.07, 6.45) is 5.96. The van der Waals surface area contributed by atoms with Crippen LogP contribution in [0.5, 0.6) is 0 Å². The molecule has 3 fully saturated rings. The van der Waals surface area contributed by atoms with Crippen LogP contribution in [0.3, 0.4) is 0 Å². The van der Waals surface area contributed by atoms with Crippen LogP contribution in [0.15, 0.2) is 29.2 Å². The average molecular weight is 405 g/mol. The molecule has 0 atom stereocenters. The molecule has 0 unspecified atom stereocenters. The molecule has 4 rings (SSSR count). The molecule has 2 saturated carbocycles. The lowest BCUT2D eigenvalue weighted by atomic mass is 9.96. The second-order valence-corrected chi connectivity index (χ2v) is 10.4. The Morgan fingerprint density at radius 1 is 1.04 bits per heavy atom. The molecule has 1 N–H and O–H groups in total. The van der Waals surface area contributed by atoms with Crippen molar-refractivity contribution < 1.29 is 18.0 Å². The number of Topliss-reactive ketones (excluding diaryl/α,β-unsaturated/α-hetero) is 1. The van der Waals surface area contributed by atoms with Crippen molar-refractivity contribution in [3.63, 3.8) is 0 Å². The van der Waals surface area contributed by atoms with Crippen molar-refractivity contribution in [2.75, 3.05) is 13.1 Å². The Morgan fingerprint density at radius 2 is 1.64 bits per heavy atom. The van der Waals surface area contributed by atoms with Crippen LogP contribution in [0.25, 0.3) is 0 Å². The topological polar surface area (TPSA) is 83.6 Å². The van der Waals surface area contributed by atoms with Gasteiger partial charge in [-0.3, -0.25) is 9.59 Å². The summed E-state index contributed by atoms with van der Waals surface area (Å²) in [5, 5.41) is 3.27. The molecule has 0 bridgehead atoms. The molecule has 0 aromatic heterocycles. The van der Waals surface area contributed by atoms with E-state index in [2.05, 4.69) is 5.32 Å². The van der Waals surface area contributed by atoms with Crippen molar-refractivity contribution >= 4 is 21.7 Å². The van der Waals surface area contributed by atoms with Crippen LogP contribution >= 0.6 is 0 Å². The Hall–Kier alpha value is -1.73. The number of piperidine rings is 1. The normalized spacial score (nSPS) is 21.6. The third kappa shape index (κ3) is 4.15. The SMILES string of the molecule is CC(=O)c1cccc(S(=O)(=O)N2CCC(C(=O)NC(C3CC3)C3CC3)CC2)c1. The van der Waals surface area contributed by atoms with Gasteiger partial charge in [-0.2, -0.15) is 4.31 Å². The fraction of sp³-hybridized carbons (Fsp3) is 0.619. The van der Waals surface area contributed by atoms with Crippen LogP contribution in [-0.2, 0) is 14.8 Å². The molecule has 2 aliphatic carbocycles. The highest BCUT2D eigenvalue weighted by Gasteiger charge is 2.43. The van der Waals surface area contributed by atoms with Gasteiger partial charge >= 0.3 is 0 Å². The molecular weight excluding hydrogens is 376 g/mol. The third-order valence-corrected chi connectivity index (χ3v) is 8.17. The smallest absolute Gasteiger partial charge is 0.243 e. The molecular formula is C21H28N2O4S. The molecule has 3 aliphatic rings. The maximum absolute atomic E-state index is 12.9. The average Bonchev–Trinajstić information content (AvgIpc) is 3.59. The number of carbonyl (C=O) groups excluding carboxylic acids is 2. The van der Waals surface area contributed by atoms with Crippen molar-refractivity contribution in [3.05, 3.63) is 29.8 Å². The Labute approximate surface area is 166 Å². The van der Waals surface area contributed by atoms with Gasteiger partial charge in [0.15, 0.2) is 5.78 Å². The van der Waals surface area contributed by atoms with Gasteiger partial charge in [-0.25, -0.2) is 8.42 Å². The van der Waals surface area contributed by atoms with E-state index in [9.17, 15) is 18.0 Å². The van der Waals surface area contributed by atoms with Crippen LogP contribution in [-0.4, -0.2) is 43.5 Å². The number of sulfonamides is 1. The molecule has 1 aromatic rings. The predicted molar refractivity (Wildman–Crippen MR) is 105 cm³/mol. The Bertz CT molecular complexity index is 854. The number of rotatable bonds is 7. The molecule has 1 amide bonds. The number of ketones is 1. The van der Waals surface area contributed by atoms with Crippen LogP contribution in [0.4, 0.5) is 0 Å². The van der Waals surface area contributed by atoms with Gasteiger partial charge in [0.25, 0.3) is 0 Å². The minimum Gasteiger partial charge on any atom is -0.353 e. The van der Waals surface area contributed by atoms with Crippen LogP contribution in [0.2, 0.25) is 0 Å². The van der Waals surface area contributed by atoms with Crippen molar-refractivity contribution in [2.45, 2.75) is 56.4 Å². The highest BCUT2D eigenvalue weighted by atomic mass is 32.2. The standard InChI is InChI=1S/C21H28N2O4S/c1-14(24)18-3-2-4-19(13-18)28(26,27)23-11-9-17(10-12-23)21(25)22-20(15-5-6-15)16-7-8-16/h2-4,13,15-17,20H,5-12H2,1H3,(H,22,25).